The third kappa shape index (κ3) is 5.88. The number of hydrogen-bond donors (Lipinski definition) is 1. The normalized spacial score (nSPS) is 10.4. The molecule has 0 unspecified atom stereocenters. The average molecular weight is 368 g/mol. The standard InChI is InChI=1S/C21H18F2N2O2/c22-18-6-4-15(5-7-18)14-27-21-12-17(8-9-24-21)13-25-20(26)11-16-2-1-3-19(23)10-16/h1-10,12H,11,13-14H2,(H,25,26). The van der Waals surface area contributed by atoms with Crippen molar-refractivity contribution in [3.63, 3.8) is 0 Å². The van der Waals surface area contributed by atoms with Gasteiger partial charge in [0.05, 0.1) is 6.42 Å². The fraction of sp³-hybridized carbons (Fsp3) is 0.143. The Labute approximate surface area is 155 Å². The summed E-state index contributed by atoms with van der Waals surface area (Å²) in [4.78, 5) is 16.1. The lowest BCUT2D eigenvalue weighted by Gasteiger charge is -2.09. The van der Waals surface area contributed by atoms with Crippen LogP contribution in [0.5, 0.6) is 5.88 Å². The molecule has 3 rings (SSSR count). The quantitative estimate of drug-likeness (QED) is 0.690. The van der Waals surface area contributed by atoms with Crippen LogP contribution in [0.15, 0.2) is 66.9 Å². The third-order valence-corrected chi connectivity index (χ3v) is 3.84. The van der Waals surface area contributed by atoms with E-state index in [1.165, 1.54) is 24.3 Å². The van der Waals surface area contributed by atoms with Gasteiger partial charge in [0.15, 0.2) is 0 Å². The van der Waals surface area contributed by atoms with Gasteiger partial charge in [0, 0.05) is 18.8 Å². The molecule has 2 aromatic carbocycles. The lowest BCUT2D eigenvalue weighted by atomic mass is 10.1. The molecule has 27 heavy (non-hydrogen) atoms. The molecule has 0 radical (unpaired) electrons. The topological polar surface area (TPSA) is 51.2 Å². The molecule has 0 saturated heterocycles. The fourth-order valence-corrected chi connectivity index (χ4v) is 2.47. The molecule has 1 amide bonds. The summed E-state index contributed by atoms with van der Waals surface area (Å²) in [7, 11) is 0. The number of rotatable bonds is 7. The molecule has 0 saturated carbocycles. The maximum Gasteiger partial charge on any atom is 0.224 e. The Bertz CT molecular complexity index is 914. The number of nitrogens with one attached hydrogen (secondary N) is 1. The second-order valence-electron chi connectivity index (χ2n) is 6.00. The summed E-state index contributed by atoms with van der Waals surface area (Å²) in [5.41, 5.74) is 2.27. The summed E-state index contributed by atoms with van der Waals surface area (Å²) in [6.45, 7) is 0.576. The minimum atomic E-state index is -0.364. The maximum absolute atomic E-state index is 13.2. The van der Waals surface area contributed by atoms with Crippen molar-refractivity contribution in [2.45, 2.75) is 19.6 Å². The van der Waals surface area contributed by atoms with E-state index in [1.54, 1.807) is 42.6 Å². The molecule has 0 aliphatic heterocycles. The van der Waals surface area contributed by atoms with Crippen LogP contribution in [0.3, 0.4) is 0 Å². The van der Waals surface area contributed by atoms with E-state index in [9.17, 15) is 13.6 Å². The van der Waals surface area contributed by atoms with Crippen molar-refractivity contribution >= 4 is 5.91 Å². The van der Waals surface area contributed by atoms with Crippen molar-refractivity contribution < 1.29 is 18.3 Å². The Hall–Kier alpha value is -3.28. The van der Waals surface area contributed by atoms with E-state index in [0.717, 1.165) is 11.1 Å². The first-order chi connectivity index (χ1) is 13.1. The zero-order valence-corrected chi connectivity index (χ0v) is 14.5. The van der Waals surface area contributed by atoms with Gasteiger partial charge in [0.2, 0.25) is 11.8 Å². The largest absolute Gasteiger partial charge is 0.473 e. The Morgan fingerprint density at radius 1 is 0.926 bits per heavy atom. The van der Waals surface area contributed by atoms with Crippen LogP contribution in [0, 0.1) is 11.6 Å². The van der Waals surface area contributed by atoms with E-state index in [4.69, 9.17) is 4.74 Å². The van der Waals surface area contributed by atoms with E-state index in [-0.39, 0.29) is 30.6 Å². The molecule has 0 atom stereocenters. The number of carbonyl (C=O) groups excluding carboxylic acids is 1. The molecule has 138 valence electrons. The molecule has 6 heteroatoms. The van der Waals surface area contributed by atoms with Gasteiger partial charge in [0.25, 0.3) is 0 Å². The van der Waals surface area contributed by atoms with Crippen LogP contribution < -0.4 is 10.1 Å². The van der Waals surface area contributed by atoms with Crippen LogP contribution in [-0.2, 0) is 24.4 Å². The number of aromatic nitrogens is 1. The SMILES string of the molecule is O=C(Cc1cccc(F)c1)NCc1ccnc(OCc2ccc(F)cc2)c1. The molecular weight excluding hydrogens is 350 g/mol. The molecule has 0 bridgehead atoms. The Kier molecular flexibility index (Phi) is 6.10. The van der Waals surface area contributed by atoms with Gasteiger partial charge in [-0.1, -0.05) is 24.3 Å². The molecule has 0 aliphatic rings. The molecule has 3 aromatic rings. The minimum absolute atomic E-state index is 0.108. The molecule has 0 fully saturated rings. The van der Waals surface area contributed by atoms with E-state index in [0.29, 0.717) is 18.0 Å². The summed E-state index contributed by atoms with van der Waals surface area (Å²) < 4.78 is 31.7. The Morgan fingerprint density at radius 2 is 1.74 bits per heavy atom. The van der Waals surface area contributed by atoms with E-state index < -0.39 is 0 Å². The van der Waals surface area contributed by atoms with Crippen LogP contribution >= 0.6 is 0 Å². The van der Waals surface area contributed by atoms with E-state index in [2.05, 4.69) is 10.3 Å². The number of ether oxygens (including phenoxy) is 1. The minimum Gasteiger partial charge on any atom is -0.473 e. The zero-order valence-electron chi connectivity index (χ0n) is 14.5. The number of hydrogen-bond acceptors (Lipinski definition) is 3. The first-order valence-electron chi connectivity index (χ1n) is 8.42. The number of pyridine rings is 1. The van der Waals surface area contributed by atoms with Gasteiger partial charge in [-0.05, 0) is 47.0 Å². The molecule has 0 aliphatic carbocycles. The molecule has 4 nitrogen and oxygen atoms in total. The first kappa shape index (κ1) is 18.5. The smallest absolute Gasteiger partial charge is 0.224 e. The van der Waals surface area contributed by atoms with E-state index >= 15 is 0 Å². The predicted octanol–water partition coefficient (Wildman–Crippen LogP) is 3.80. The highest BCUT2D eigenvalue weighted by molar-refractivity contribution is 5.78. The lowest BCUT2D eigenvalue weighted by molar-refractivity contribution is -0.120. The highest BCUT2D eigenvalue weighted by Crippen LogP contribution is 2.12. The Morgan fingerprint density at radius 3 is 2.52 bits per heavy atom. The summed E-state index contributed by atoms with van der Waals surface area (Å²) in [5, 5.41) is 2.79. The average Bonchev–Trinajstić information content (AvgIpc) is 2.66. The number of nitrogens with zero attached hydrogens (tertiary/aromatic N) is 1. The van der Waals surface area contributed by atoms with Gasteiger partial charge in [-0.2, -0.15) is 0 Å². The second kappa shape index (κ2) is 8.89. The van der Waals surface area contributed by atoms with Crippen LogP contribution in [0.2, 0.25) is 0 Å². The predicted molar refractivity (Wildman–Crippen MR) is 96.9 cm³/mol. The van der Waals surface area contributed by atoms with Crippen LogP contribution in [-0.4, -0.2) is 10.9 Å². The van der Waals surface area contributed by atoms with Crippen molar-refractivity contribution in [3.05, 3.63) is 95.2 Å². The second-order valence-corrected chi connectivity index (χ2v) is 6.00. The summed E-state index contributed by atoms with van der Waals surface area (Å²) in [5.74, 6) is -0.451. The Balaban J connectivity index is 1.51. The molecule has 1 N–H and O–H groups in total. The van der Waals surface area contributed by atoms with Crippen LogP contribution in [0.25, 0.3) is 0 Å². The van der Waals surface area contributed by atoms with Gasteiger partial charge in [0.1, 0.15) is 18.2 Å². The van der Waals surface area contributed by atoms with Crippen LogP contribution in [0.1, 0.15) is 16.7 Å². The van der Waals surface area contributed by atoms with Crippen molar-refractivity contribution in [1.29, 1.82) is 0 Å². The lowest BCUT2D eigenvalue weighted by Crippen LogP contribution is -2.24. The summed E-state index contributed by atoms with van der Waals surface area (Å²) in [6.07, 6.45) is 1.70. The van der Waals surface area contributed by atoms with Gasteiger partial charge in [-0.25, -0.2) is 13.8 Å². The molecular formula is C21H18F2N2O2. The highest BCUT2D eigenvalue weighted by atomic mass is 19.1. The molecule has 0 spiro atoms. The van der Waals surface area contributed by atoms with Gasteiger partial charge in [-0.3, -0.25) is 4.79 Å². The highest BCUT2D eigenvalue weighted by Gasteiger charge is 2.06. The fourth-order valence-electron chi connectivity index (χ4n) is 2.47. The van der Waals surface area contributed by atoms with Gasteiger partial charge in [-0.15, -0.1) is 0 Å². The van der Waals surface area contributed by atoms with Crippen molar-refractivity contribution in [2.24, 2.45) is 0 Å². The summed E-state index contributed by atoms with van der Waals surface area (Å²) >= 11 is 0. The first-order valence-corrected chi connectivity index (χ1v) is 8.42. The number of amides is 1. The molecule has 1 aromatic heterocycles. The van der Waals surface area contributed by atoms with Gasteiger partial charge >= 0.3 is 0 Å². The number of benzene rings is 2. The van der Waals surface area contributed by atoms with Crippen molar-refractivity contribution in [2.75, 3.05) is 0 Å². The summed E-state index contributed by atoms with van der Waals surface area (Å²) in [6, 6.07) is 15.5. The van der Waals surface area contributed by atoms with E-state index in [1.807, 2.05) is 0 Å². The van der Waals surface area contributed by atoms with Crippen molar-refractivity contribution in [3.8, 4) is 5.88 Å². The number of carbonyl (C=O) groups is 1. The maximum atomic E-state index is 13.2. The number of halogens is 2. The third-order valence-electron chi connectivity index (χ3n) is 3.84. The van der Waals surface area contributed by atoms with Crippen molar-refractivity contribution in [1.82, 2.24) is 10.3 Å². The van der Waals surface area contributed by atoms with Gasteiger partial charge < -0.3 is 10.1 Å². The molecule has 1 heterocycles. The zero-order chi connectivity index (χ0) is 19.1. The van der Waals surface area contributed by atoms with Crippen LogP contribution in [0.4, 0.5) is 8.78 Å². The monoisotopic (exact) mass is 368 g/mol.